The monoisotopic (exact) mass is 203 g/mol. The minimum Gasteiger partial charge on any atom is -0.494 e. The molecule has 80 valence electrons. The molecule has 2 heteroatoms. The van der Waals surface area contributed by atoms with Crippen LogP contribution in [0.25, 0.3) is 0 Å². The summed E-state index contributed by atoms with van der Waals surface area (Å²) in [5.74, 6) is 3.56. The Balaban J connectivity index is 2.73. The van der Waals surface area contributed by atoms with E-state index in [0.29, 0.717) is 13.0 Å². The van der Waals surface area contributed by atoms with Crippen molar-refractivity contribution in [1.29, 1.82) is 0 Å². The predicted octanol–water partition coefficient (Wildman–Crippen LogP) is 2.37. The molecule has 0 aliphatic heterocycles. The van der Waals surface area contributed by atoms with Crippen molar-refractivity contribution in [2.75, 3.05) is 13.7 Å². The van der Waals surface area contributed by atoms with Crippen molar-refractivity contribution in [2.45, 2.75) is 19.4 Å². The highest BCUT2D eigenvalue weighted by Gasteiger charge is 2.06. The summed E-state index contributed by atoms with van der Waals surface area (Å²) >= 11 is 0. The second-order valence-electron chi connectivity index (χ2n) is 3.25. The fourth-order valence-corrected chi connectivity index (χ4v) is 1.47. The Bertz CT molecular complexity index is 323. The fourth-order valence-electron chi connectivity index (χ4n) is 1.47. The van der Waals surface area contributed by atoms with Crippen molar-refractivity contribution in [2.24, 2.45) is 0 Å². The first kappa shape index (κ1) is 11.6. The lowest BCUT2D eigenvalue weighted by Crippen LogP contribution is -2.15. The molecule has 0 fully saturated rings. The second kappa shape index (κ2) is 6.10. The van der Waals surface area contributed by atoms with Gasteiger partial charge in [0.2, 0.25) is 0 Å². The van der Waals surface area contributed by atoms with Crippen LogP contribution in [0.2, 0.25) is 0 Å². The van der Waals surface area contributed by atoms with Crippen LogP contribution in [0.1, 0.15) is 24.9 Å². The molecule has 0 saturated carbocycles. The van der Waals surface area contributed by atoms with Crippen LogP contribution in [-0.4, -0.2) is 13.7 Å². The maximum absolute atomic E-state index is 5.37. The van der Waals surface area contributed by atoms with Crippen LogP contribution in [-0.2, 0) is 0 Å². The van der Waals surface area contributed by atoms with Crippen LogP contribution in [0, 0.1) is 12.3 Å². The standard InChI is InChI=1S/C13H17NO/c1-4-6-13(14-3)11-7-9-12(10-8-11)15-5-2/h1,7-10,13-14H,5-6H2,2-3H3. The number of hydrogen-bond acceptors (Lipinski definition) is 2. The lowest BCUT2D eigenvalue weighted by atomic mass is 10.0. The Hall–Kier alpha value is -1.46. The number of hydrogen-bond donors (Lipinski definition) is 1. The molecule has 0 spiro atoms. The quantitative estimate of drug-likeness (QED) is 0.742. The van der Waals surface area contributed by atoms with Gasteiger partial charge < -0.3 is 10.1 Å². The summed E-state index contributed by atoms with van der Waals surface area (Å²) in [4.78, 5) is 0. The summed E-state index contributed by atoms with van der Waals surface area (Å²) in [6, 6.07) is 8.26. The first-order valence-electron chi connectivity index (χ1n) is 5.15. The predicted molar refractivity (Wildman–Crippen MR) is 62.9 cm³/mol. The van der Waals surface area contributed by atoms with Crippen molar-refractivity contribution < 1.29 is 4.74 Å². The number of benzene rings is 1. The van der Waals surface area contributed by atoms with Gasteiger partial charge >= 0.3 is 0 Å². The molecule has 15 heavy (non-hydrogen) atoms. The summed E-state index contributed by atoms with van der Waals surface area (Å²) in [7, 11) is 1.92. The maximum atomic E-state index is 5.37. The lowest BCUT2D eigenvalue weighted by Gasteiger charge is -2.14. The van der Waals surface area contributed by atoms with E-state index in [1.165, 1.54) is 5.56 Å². The van der Waals surface area contributed by atoms with E-state index in [9.17, 15) is 0 Å². The minimum absolute atomic E-state index is 0.227. The van der Waals surface area contributed by atoms with Crippen molar-refractivity contribution in [3.63, 3.8) is 0 Å². The van der Waals surface area contributed by atoms with Gasteiger partial charge in [0, 0.05) is 12.5 Å². The normalized spacial score (nSPS) is 11.8. The van der Waals surface area contributed by atoms with E-state index in [1.54, 1.807) is 0 Å². The summed E-state index contributed by atoms with van der Waals surface area (Å²) in [5, 5.41) is 3.19. The van der Waals surface area contributed by atoms with E-state index in [2.05, 4.69) is 11.2 Å². The van der Waals surface area contributed by atoms with Gasteiger partial charge in [0.15, 0.2) is 0 Å². The third-order valence-electron chi connectivity index (χ3n) is 2.26. The van der Waals surface area contributed by atoms with Crippen molar-refractivity contribution in [3.05, 3.63) is 29.8 Å². The Kier molecular flexibility index (Phi) is 4.73. The second-order valence-corrected chi connectivity index (χ2v) is 3.25. The van der Waals surface area contributed by atoms with E-state index < -0.39 is 0 Å². The molecule has 2 nitrogen and oxygen atoms in total. The summed E-state index contributed by atoms with van der Waals surface area (Å²) < 4.78 is 5.37. The topological polar surface area (TPSA) is 21.3 Å². The third kappa shape index (κ3) is 3.30. The highest BCUT2D eigenvalue weighted by atomic mass is 16.5. The molecular formula is C13H17NO. The van der Waals surface area contributed by atoms with E-state index in [1.807, 2.05) is 38.2 Å². The first-order valence-corrected chi connectivity index (χ1v) is 5.15. The zero-order chi connectivity index (χ0) is 11.1. The molecule has 0 saturated heterocycles. The molecule has 0 aliphatic rings. The van der Waals surface area contributed by atoms with Gasteiger partial charge in [-0.15, -0.1) is 12.3 Å². The van der Waals surface area contributed by atoms with Gasteiger partial charge in [-0.2, -0.15) is 0 Å². The number of rotatable bonds is 5. The molecule has 0 heterocycles. The zero-order valence-corrected chi connectivity index (χ0v) is 9.29. The van der Waals surface area contributed by atoms with Gasteiger partial charge in [-0.1, -0.05) is 12.1 Å². The largest absolute Gasteiger partial charge is 0.494 e. The van der Waals surface area contributed by atoms with Crippen LogP contribution in [0.5, 0.6) is 5.75 Å². The van der Waals surface area contributed by atoms with Gasteiger partial charge in [-0.05, 0) is 31.7 Å². The Morgan fingerprint density at radius 1 is 1.40 bits per heavy atom. The van der Waals surface area contributed by atoms with Crippen molar-refractivity contribution >= 4 is 0 Å². The molecule has 0 bridgehead atoms. The SMILES string of the molecule is C#CCC(NC)c1ccc(OCC)cc1. The summed E-state index contributed by atoms with van der Waals surface area (Å²) in [5.41, 5.74) is 1.19. The van der Waals surface area contributed by atoms with Gasteiger partial charge in [-0.3, -0.25) is 0 Å². The summed E-state index contributed by atoms with van der Waals surface area (Å²) in [6.45, 7) is 2.67. The number of ether oxygens (including phenoxy) is 1. The molecule has 1 unspecified atom stereocenters. The highest BCUT2D eigenvalue weighted by molar-refractivity contribution is 5.29. The lowest BCUT2D eigenvalue weighted by molar-refractivity contribution is 0.340. The van der Waals surface area contributed by atoms with Gasteiger partial charge in [0.25, 0.3) is 0 Å². The Labute approximate surface area is 91.6 Å². The van der Waals surface area contributed by atoms with Crippen LogP contribution in [0.4, 0.5) is 0 Å². The summed E-state index contributed by atoms with van der Waals surface area (Å²) in [6.07, 6.45) is 6.00. The van der Waals surface area contributed by atoms with Gasteiger partial charge in [0.05, 0.1) is 6.61 Å². The molecule has 1 aromatic rings. The molecule has 0 radical (unpaired) electrons. The minimum atomic E-state index is 0.227. The zero-order valence-electron chi connectivity index (χ0n) is 9.29. The average Bonchev–Trinajstić information content (AvgIpc) is 2.28. The van der Waals surface area contributed by atoms with E-state index in [0.717, 1.165) is 5.75 Å². The van der Waals surface area contributed by atoms with Gasteiger partial charge in [-0.25, -0.2) is 0 Å². The fraction of sp³-hybridized carbons (Fsp3) is 0.385. The number of nitrogens with one attached hydrogen (secondary N) is 1. The van der Waals surface area contributed by atoms with Crippen LogP contribution >= 0.6 is 0 Å². The van der Waals surface area contributed by atoms with Crippen LogP contribution in [0.3, 0.4) is 0 Å². The van der Waals surface area contributed by atoms with Crippen molar-refractivity contribution in [1.82, 2.24) is 5.32 Å². The highest BCUT2D eigenvalue weighted by Crippen LogP contribution is 2.19. The maximum Gasteiger partial charge on any atom is 0.119 e. The van der Waals surface area contributed by atoms with E-state index >= 15 is 0 Å². The third-order valence-corrected chi connectivity index (χ3v) is 2.26. The van der Waals surface area contributed by atoms with Crippen LogP contribution < -0.4 is 10.1 Å². The van der Waals surface area contributed by atoms with Crippen LogP contribution in [0.15, 0.2) is 24.3 Å². The molecular weight excluding hydrogens is 186 g/mol. The van der Waals surface area contributed by atoms with Crippen molar-refractivity contribution in [3.8, 4) is 18.1 Å². The molecule has 1 aromatic carbocycles. The average molecular weight is 203 g/mol. The molecule has 0 amide bonds. The smallest absolute Gasteiger partial charge is 0.119 e. The molecule has 0 aliphatic carbocycles. The van der Waals surface area contributed by atoms with E-state index in [-0.39, 0.29) is 6.04 Å². The van der Waals surface area contributed by atoms with Gasteiger partial charge in [0.1, 0.15) is 5.75 Å². The Morgan fingerprint density at radius 3 is 2.53 bits per heavy atom. The molecule has 0 aromatic heterocycles. The molecule has 1 atom stereocenters. The van der Waals surface area contributed by atoms with E-state index in [4.69, 9.17) is 11.2 Å². The molecule has 1 N–H and O–H groups in total. The Morgan fingerprint density at radius 2 is 2.07 bits per heavy atom. The number of terminal acetylenes is 1. The first-order chi connectivity index (χ1) is 7.31. The molecule has 1 rings (SSSR count).